The molecule has 1 atom stereocenters. The van der Waals surface area contributed by atoms with E-state index in [1.807, 2.05) is 12.1 Å². The molecule has 0 aliphatic heterocycles. The van der Waals surface area contributed by atoms with E-state index in [0.29, 0.717) is 11.7 Å². The summed E-state index contributed by atoms with van der Waals surface area (Å²) in [5.41, 5.74) is 7.09. The second kappa shape index (κ2) is 5.35. The van der Waals surface area contributed by atoms with Crippen LogP contribution in [0.4, 0.5) is 0 Å². The maximum Gasteiger partial charge on any atom is 0.115 e. The first-order valence-electron chi connectivity index (χ1n) is 6.27. The first-order chi connectivity index (χ1) is 7.79. The lowest BCUT2D eigenvalue weighted by Crippen LogP contribution is -2.23. The van der Waals surface area contributed by atoms with Crippen molar-refractivity contribution < 1.29 is 5.11 Å². The molecule has 88 valence electrons. The van der Waals surface area contributed by atoms with Gasteiger partial charge in [0.05, 0.1) is 0 Å². The van der Waals surface area contributed by atoms with Crippen molar-refractivity contribution in [3.05, 3.63) is 29.8 Å². The van der Waals surface area contributed by atoms with Crippen molar-refractivity contribution in [2.75, 3.05) is 6.54 Å². The van der Waals surface area contributed by atoms with E-state index in [1.165, 1.54) is 31.2 Å². The summed E-state index contributed by atoms with van der Waals surface area (Å²) in [6.45, 7) is 0.764. The van der Waals surface area contributed by atoms with Gasteiger partial charge in [-0.25, -0.2) is 0 Å². The summed E-state index contributed by atoms with van der Waals surface area (Å²) in [5.74, 6) is 1.75. The van der Waals surface area contributed by atoms with Gasteiger partial charge in [0.1, 0.15) is 5.75 Å². The SMILES string of the molecule is NCC(Cc1cccc(O)c1)C1CCCC1. The van der Waals surface area contributed by atoms with E-state index in [9.17, 15) is 5.11 Å². The number of phenolic OH excluding ortho intramolecular Hbond substituents is 1. The molecule has 0 aromatic heterocycles. The molecule has 0 spiro atoms. The number of phenols is 1. The Bertz CT molecular complexity index is 331. The van der Waals surface area contributed by atoms with E-state index in [4.69, 9.17) is 5.73 Å². The van der Waals surface area contributed by atoms with Crippen molar-refractivity contribution in [2.45, 2.75) is 32.1 Å². The molecule has 0 radical (unpaired) electrons. The van der Waals surface area contributed by atoms with Crippen molar-refractivity contribution in [1.29, 1.82) is 0 Å². The van der Waals surface area contributed by atoms with Gasteiger partial charge in [-0.3, -0.25) is 0 Å². The summed E-state index contributed by atoms with van der Waals surface area (Å²) >= 11 is 0. The lowest BCUT2D eigenvalue weighted by atomic mass is 9.86. The molecule has 0 saturated heterocycles. The highest BCUT2D eigenvalue weighted by atomic mass is 16.3. The predicted molar refractivity (Wildman–Crippen MR) is 66.3 cm³/mol. The summed E-state index contributed by atoms with van der Waals surface area (Å²) in [4.78, 5) is 0. The fourth-order valence-corrected chi connectivity index (χ4v) is 2.86. The Balaban J connectivity index is 2.00. The molecule has 1 aromatic carbocycles. The Morgan fingerprint density at radius 2 is 2.06 bits per heavy atom. The summed E-state index contributed by atoms with van der Waals surface area (Å²) in [6.07, 6.45) is 6.40. The molecule has 2 heteroatoms. The Morgan fingerprint density at radius 1 is 1.31 bits per heavy atom. The summed E-state index contributed by atoms with van der Waals surface area (Å²) in [7, 11) is 0. The van der Waals surface area contributed by atoms with Crippen molar-refractivity contribution in [3.8, 4) is 5.75 Å². The quantitative estimate of drug-likeness (QED) is 0.818. The monoisotopic (exact) mass is 219 g/mol. The zero-order chi connectivity index (χ0) is 11.4. The number of aromatic hydroxyl groups is 1. The Hall–Kier alpha value is -1.02. The first-order valence-corrected chi connectivity index (χ1v) is 6.27. The highest BCUT2D eigenvalue weighted by Crippen LogP contribution is 2.33. The van der Waals surface area contributed by atoms with Crippen LogP contribution in [0.5, 0.6) is 5.75 Å². The number of hydrogen-bond donors (Lipinski definition) is 2. The molecule has 2 rings (SSSR count). The summed E-state index contributed by atoms with van der Waals surface area (Å²) < 4.78 is 0. The van der Waals surface area contributed by atoms with Gasteiger partial charge >= 0.3 is 0 Å². The third-order valence-electron chi connectivity index (χ3n) is 3.78. The molecule has 2 nitrogen and oxygen atoms in total. The topological polar surface area (TPSA) is 46.2 Å². The summed E-state index contributed by atoms with van der Waals surface area (Å²) in [6, 6.07) is 7.57. The van der Waals surface area contributed by atoms with Gasteiger partial charge in [-0.05, 0) is 42.5 Å². The van der Waals surface area contributed by atoms with Gasteiger partial charge in [0.25, 0.3) is 0 Å². The Labute approximate surface area is 97.5 Å². The van der Waals surface area contributed by atoms with Crippen molar-refractivity contribution in [2.24, 2.45) is 17.6 Å². The van der Waals surface area contributed by atoms with Crippen LogP contribution in [0.1, 0.15) is 31.2 Å². The van der Waals surface area contributed by atoms with Gasteiger partial charge in [-0.15, -0.1) is 0 Å². The first kappa shape index (κ1) is 11.5. The van der Waals surface area contributed by atoms with Crippen LogP contribution in [0, 0.1) is 11.8 Å². The molecule has 1 aliphatic rings. The molecular formula is C14H21NO. The second-order valence-corrected chi connectivity index (χ2v) is 4.91. The predicted octanol–water partition coefficient (Wildman–Crippen LogP) is 2.70. The minimum atomic E-state index is 0.361. The average molecular weight is 219 g/mol. The zero-order valence-corrected chi connectivity index (χ0v) is 9.73. The average Bonchev–Trinajstić information content (AvgIpc) is 2.79. The lowest BCUT2D eigenvalue weighted by Gasteiger charge is -2.21. The standard InChI is InChI=1S/C14H21NO/c15-10-13(12-5-1-2-6-12)8-11-4-3-7-14(16)9-11/h3-4,7,9,12-13,16H,1-2,5-6,8,10,15H2. The maximum atomic E-state index is 9.43. The smallest absolute Gasteiger partial charge is 0.115 e. The number of hydrogen-bond acceptors (Lipinski definition) is 2. The van der Waals surface area contributed by atoms with E-state index in [1.54, 1.807) is 6.07 Å². The Kier molecular flexibility index (Phi) is 3.83. The van der Waals surface area contributed by atoms with Crippen molar-refractivity contribution >= 4 is 0 Å². The second-order valence-electron chi connectivity index (χ2n) is 4.91. The van der Waals surface area contributed by atoms with Crippen LogP contribution in [-0.2, 0) is 6.42 Å². The van der Waals surface area contributed by atoms with Crippen LogP contribution in [0.2, 0.25) is 0 Å². The molecular weight excluding hydrogens is 198 g/mol. The van der Waals surface area contributed by atoms with Crippen LogP contribution in [0.3, 0.4) is 0 Å². The van der Waals surface area contributed by atoms with Gasteiger partial charge in [0, 0.05) is 0 Å². The third kappa shape index (κ3) is 2.76. The van der Waals surface area contributed by atoms with E-state index < -0.39 is 0 Å². The van der Waals surface area contributed by atoms with Crippen molar-refractivity contribution in [1.82, 2.24) is 0 Å². The van der Waals surface area contributed by atoms with Gasteiger partial charge in [0.15, 0.2) is 0 Å². The number of rotatable bonds is 4. The molecule has 0 bridgehead atoms. The summed E-state index contributed by atoms with van der Waals surface area (Å²) in [5, 5.41) is 9.43. The Morgan fingerprint density at radius 3 is 2.69 bits per heavy atom. The van der Waals surface area contributed by atoms with Gasteiger partial charge < -0.3 is 10.8 Å². The van der Waals surface area contributed by atoms with Crippen LogP contribution in [-0.4, -0.2) is 11.7 Å². The zero-order valence-electron chi connectivity index (χ0n) is 9.73. The molecule has 1 unspecified atom stereocenters. The molecule has 1 aliphatic carbocycles. The van der Waals surface area contributed by atoms with Crippen molar-refractivity contribution in [3.63, 3.8) is 0 Å². The number of nitrogens with two attached hydrogens (primary N) is 1. The van der Waals surface area contributed by atoms with Crippen LogP contribution in [0.15, 0.2) is 24.3 Å². The minimum Gasteiger partial charge on any atom is -0.508 e. The molecule has 0 heterocycles. The largest absolute Gasteiger partial charge is 0.508 e. The highest BCUT2D eigenvalue weighted by Gasteiger charge is 2.23. The minimum absolute atomic E-state index is 0.361. The highest BCUT2D eigenvalue weighted by molar-refractivity contribution is 5.27. The maximum absolute atomic E-state index is 9.43. The van der Waals surface area contributed by atoms with Gasteiger partial charge in [0.2, 0.25) is 0 Å². The molecule has 1 aromatic rings. The van der Waals surface area contributed by atoms with Gasteiger partial charge in [-0.2, -0.15) is 0 Å². The van der Waals surface area contributed by atoms with E-state index in [2.05, 4.69) is 6.07 Å². The normalized spacial score (nSPS) is 18.8. The van der Waals surface area contributed by atoms with Crippen LogP contribution < -0.4 is 5.73 Å². The molecule has 1 fully saturated rings. The van der Waals surface area contributed by atoms with Crippen LogP contribution >= 0.6 is 0 Å². The molecule has 0 amide bonds. The fraction of sp³-hybridized carbons (Fsp3) is 0.571. The third-order valence-corrected chi connectivity index (χ3v) is 3.78. The van der Waals surface area contributed by atoms with Gasteiger partial charge in [-0.1, -0.05) is 37.8 Å². The van der Waals surface area contributed by atoms with E-state index in [-0.39, 0.29) is 0 Å². The lowest BCUT2D eigenvalue weighted by molar-refractivity contribution is 0.344. The number of benzene rings is 1. The van der Waals surface area contributed by atoms with Crippen LogP contribution in [0.25, 0.3) is 0 Å². The molecule has 3 N–H and O–H groups in total. The molecule has 16 heavy (non-hydrogen) atoms. The molecule has 1 saturated carbocycles. The van der Waals surface area contributed by atoms with E-state index in [0.717, 1.165) is 18.9 Å². The fourth-order valence-electron chi connectivity index (χ4n) is 2.86. The van der Waals surface area contributed by atoms with E-state index >= 15 is 0 Å².